The van der Waals surface area contributed by atoms with Crippen LogP contribution in [0.25, 0.3) is 10.9 Å². The van der Waals surface area contributed by atoms with Crippen LogP contribution in [-0.2, 0) is 11.4 Å². The third-order valence-electron chi connectivity index (χ3n) is 6.02. The largest absolute Gasteiger partial charge is 0.368 e. The van der Waals surface area contributed by atoms with Crippen molar-refractivity contribution in [2.45, 2.75) is 13.0 Å². The van der Waals surface area contributed by atoms with Crippen molar-refractivity contribution in [3.8, 4) is 0 Å². The van der Waals surface area contributed by atoms with Gasteiger partial charge >= 0.3 is 0 Å². The fraction of sp³-hybridized carbons (Fsp3) is 0.375. The molecular weight excluding hydrogens is 412 g/mol. The smallest absolute Gasteiger partial charge is 0.279 e. The molecule has 6 nitrogen and oxygen atoms in total. The number of hydrogen-bond donors (Lipinski definition) is 0. The number of piperazine rings is 1. The second-order valence-electron chi connectivity index (χ2n) is 7.87. The molecule has 0 saturated carbocycles. The molecule has 1 saturated heterocycles. The molecule has 1 aliphatic rings. The Kier molecular flexibility index (Phi) is 6.80. The summed E-state index contributed by atoms with van der Waals surface area (Å²) in [5.74, 6) is -0.131. The van der Waals surface area contributed by atoms with Crippen molar-refractivity contribution >= 4 is 34.1 Å². The summed E-state index contributed by atoms with van der Waals surface area (Å²) in [6, 6.07) is 16.1. The molecule has 0 atom stereocenters. The van der Waals surface area contributed by atoms with Crippen LogP contribution < -0.4 is 4.90 Å². The molecule has 2 aromatic carbocycles. The first kappa shape index (κ1) is 21.7. The number of rotatable bonds is 7. The number of aryl methyl sites for hydroxylation is 1. The molecule has 0 radical (unpaired) electrons. The van der Waals surface area contributed by atoms with Gasteiger partial charge in [-0.1, -0.05) is 41.9 Å². The van der Waals surface area contributed by atoms with Gasteiger partial charge in [0.15, 0.2) is 0 Å². The fourth-order valence-electron chi connectivity index (χ4n) is 4.24. The zero-order chi connectivity index (χ0) is 21.8. The number of fused-ring (bicyclic) bond motifs is 1. The monoisotopic (exact) mass is 440 g/mol. The first-order valence-electron chi connectivity index (χ1n) is 10.7. The van der Waals surface area contributed by atoms with Gasteiger partial charge in [-0.15, -0.1) is 0 Å². The van der Waals surface area contributed by atoms with E-state index in [0.29, 0.717) is 5.56 Å². The first-order chi connectivity index (χ1) is 15.1. The van der Waals surface area contributed by atoms with Gasteiger partial charge in [-0.2, -0.15) is 0 Å². The third kappa shape index (κ3) is 4.71. The van der Waals surface area contributed by atoms with Crippen LogP contribution in [0.4, 0.5) is 5.69 Å². The molecule has 1 aliphatic heterocycles. The summed E-state index contributed by atoms with van der Waals surface area (Å²) in [5.41, 5.74) is 2.88. The first-order valence-corrected chi connectivity index (χ1v) is 11.1. The molecule has 1 aromatic heterocycles. The molecule has 0 unspecified atom stereocenters. The maximum Gasteiger partial charge on any atom is 0.279 e. The van der Waals surface area contributed by atoms with Crippen molar-refractivity contribution in [3.05, 3.63) is 65.3 Å². The number of halogens is 1. The van der Waals surface area contributed by atoms with Gasteiger partial charge in [-0.3, -0.25) is 14.5 Å². The van der Waals surface area contributed by atoms with Crippen molar-refractivity contribution in [1.82, 2.24) is 14.5 Å². The Balaban J connectivity index is 1.35. The number of nitrogens with zero attached hydrogens (tertiary/aromatic N) is 4. The number of benzene rings is 2. The zero-order valence-electron chi connectivity index (χ0n) is 18.1. The Bertz CT molecular complexity index is 1040. The molecule has 0 spiro atoms. The molecule has 3 aromatic rings. The summed E-state index contributed by atoms with van der Waals surface area (Å²) in [4.78, 5) is 22.6. The van der Waals surface area contributed by atoms with E-state index in [4.69, 9.17) is 16.4 Å². The summed E-state index contributed by atoms with van der Waals surface area (Å²) in [6.07, 6.45) is 2.98. The van der Waals surface area contributed by atoms with E-state index >= 15 is 0 Å². The summed E-state index contributed by atoms with van der Waals surface area (Å²) in [6.45, 7) is 5.93. The molecule has 1 amide bonds. The van der Waals surface area contributed by atoms with Crippen LogP contribution in [0.5, 0.6) is 0 Å². The number of para-hydroxylation sites is 2. The highest BCUT2D eigenvalue weighted by molar-refractivity contribution is 6.33. The predicted molar refractivity (Wildman–Crippen MR) is 126 cm³/mol. The lowest BCUT2D eigenvalue weighted by atomic mass is 10.1. The zero-order valence-corrected chi connectivity index (χ0v) is 18.9. The highest BCUT2D eigenvalue weighted by Gasteiger charge is 2.20. The molecule has 4 rings (SSSR count). The topological polar surface area (TPSA) is 41.0 Å². The number of hydroxylamine groups is 2. The molecule has 164 valence electrons. The maximum absolute atomic E-state index is 12.7. The van der Waals surface area contributed by atoms with Crippen LogP contribution in [0, 0.1) is 0 Å². The van der Waals surface area contributed by atoms with Gasteiger partial charge in [0.2, 0.25) is 0 Å². The molecule has 1 fully saturated rings. The summed E-state index contributed by atoms with van der Waals surface area (Å²) < 4.78 is 2.19. The van der Waals surface area contributed by atoms with E-state index in [-0.39, 0.29) is 5.91 Å². The molecule has 0 aliphatic carbocycles. The van der Waals surface area contributed by atoms with Crippen molar-refractivity contribution in [3.63, 3.8) is 0 Å². The van der Waals surface area contributed by atoms with Gasteiger partial charge in [-0.05, 0) is 31.2 Å². The van der Waals surface area contributed by atoms with Crippen LogP contribution in [-0.4, -0.2) is 67.3 Å². The number of carbonyl (C=O) groups is 1. The quantitative estimate of drug-likeness (QED) is 0.518. The average Bonchev–Trinajstić information content (AvgIpc) is 3.17. The molecular formula is C24H29ClN4O2. The number of anilines is 1. The van der Waals surface area contributed by atoms with Crippen molar-refractivity contribution in [2.75, 3.05) is 51.8 Å². The van der Waals surface area contributed by atoms with Crippen LogP contribution in [0.3, 0.4) is 0 Å². The molecule has 7 heteroatoms. The van der Waals surface area contributed by atoms with E-state index in [9.17, 15) is 4.79 Å². The average molecular weight is 441 g/mol. The van der Waals surface area contributed by atoms with Crippen molar-refractivity contribution in [2.24, 2.45) is 0 Å². The SMILES string of the molecule is CON(C)C(=O)c1cn(CCCN2CCN(c3ccccc3Cl)CC2)c2ccccc12. The Hall–Kier alpha value is -2.54. The van der Waals surface area contributed by atoms with Crippen LogP contribution in [0.1, 0.15) is 16.8 Å². The lowest BCUT2D eigenvalue weighted by Crippen LogP contribution is -2.46. The minimum absolute atomic E-state index is 0.131. The fourth-order valence-corrected chi connectivity index (χ4v) is 4.50. The Morgan fingerprint density at radius 3 is 2.48 bits per heavy atom. The summed E-state index contributed by atoms with van der Waals surface area (Å²) >= 11 is 6.35. The van der Waals surface area contributed by atoms with Gasteiger partial charge in [0.05, 0.1) is 23.4 Å². The summed E-state index contributed by atoms with van der Waals surface area (Å²) in [7, 11) is 3.14. The lowest BCUT2D eigenvalue weighted by Gasteiger charge is -2.36. The van der Waals surface area contributed by atoms with E-state index in [0.717, 1.165) is 67.3 Å². The molecule has 31 heavy (non-hydrogen) atoms. The van der Waals surface area contributed by atoms with Crippen molar-refractivity contribution < 1.29 is 9.63 Å². The maximum atomic E-state index is 12.7. The molecule has 0 N–H and O–H groups in total. The van der Waals surface area contributed by atoms with E-state index in [1.165, 1.54) is 12.2 Å². The van der Waals surface area contributed by atoms with Gasteiger partial charge in [-0.25, -0.2) is 5.06 Å². The van der Waals surface area contributed by atoms with Crippen molar-refractivity contribution in [1.29, 1.82) is 0 Å². The van der Waals surface area contributed by atoms with E-state index in [2.05, 4.69) is 26.5 Å². The predicted octanol–water partition coefficient (Wildman–Crippen LogP) is 4.14. The summed E-state index contributed by atoms with van der Waals surface area (Å²) in [5, 5.41) is 3.05. The van der Waals surface area contributed by atoms with Crippen LogP contribution in [0.2, 0.25) is 5.02 Å². The minimum Gasteiger partial charge on any atom is -0.368 e. The van der Waals surface area contributed by atoms with E-state index < -0.39 is 0 Å². The number of aromatic nitrogens is 1. The van der Waals surface area contributed by atoms with Crippen LogP contribution in [0.15, 0.2) is 54.7 Å². The number of amides is 1. The van der Waals surface area contributed by atoms with Crippen LogP contribution >= 0.6 is 11.6 Å². The van der Waals surface area contributed by atoms with Gasteiger partial charge in [0, 0.05) is 56.9 Å². The normalized spacial score (nSPS) is 14.9. The van der Waals surface area contributed by atoms with Gasteiger partial charge in [0.1, 0.15) is 0 Å². The highest BCUT2D eigenvalue weighted by atomic mass is 35.5. The highest BCUT2D eigenvalue weighted by Crippen LogP contribution is 2.26. The van der Waals surface area contributed by atoms with E-state index in [1.54, 1.807) is 7.05 Å². The Morgan fingerprint density at radius 1 is 1.03 bits per heavy atom. The van der Waals surface area contributed by atoms with Gasteiger partial charge in [0.25, 0.3) is 5.91 Å². The standard InChI is InChI=1S/C24H29ClN4O2/c1-26(31-2)24(30)20-18-29(22-10-5-3-8-19(20)22)13-7-12-27-14-16-28(17-15-27)23-11-6-4-9-21(23)25/h3-6,8-11,18H,7,12-17H2,1-2H3. The molecule has 2 heterocycles. The Labute approximate surface area is 188 Å². The second-order valence-corrected chi connectivity index (χ2v) is 8.28. The Morgan fingerprint density at radius 2 is 1.74 bits per heavy atom. The third-order valence-corrected chi connectivity index (χ3v) is 6.34. The van der Waals surface area contributed by atoms with Gasteiger partial charge < -0.3 is 9.47 Å². The second kappa shape index (κ2) is 9.73. The van der Waals surface area contributed by atoms with E-state index in [1.807, 2.05) is 42.6 Å². The lowest BCUT2D eigenvalue weighted by molar-refractivity contribution is -0.0755. The number of carbonyl (C=O) groups excluding carboxylic acids is 1. The number of hydrogen-bond acceptors (Lipinski definition) is 4. The molecule has 0 bridgehead atoms. The minimum atomic E-state index is -0.131.